The van der Waals surface area contributed by atoms with Gasteiger partial charge < -0.3 is 16.2 Å². The number of nitrogens with one attached hydrogen (secondary N) is 1. The van der Waals surface area contributed by atoms with Crippen molar-refractivity contribution in [1.82, 2.24) is 5.32 Å². The Bertz CT molecular complexity index is 343. The van der Waals surface area contributed by atoms with Gasteiger partial charge >= 0.3 is 5.97 Å². The third-order valence-electron chi connectivity index (χ3n) is 3.21. The van der Waals surface area contributed by atoms with Gasteiger partial charge in [0.25, 0.3) is 0 Å². The summed E-state index contributed by atoms with van der Waals surface area (Å²) in [6, 6.07) is -1.01. The second-order valence-corrected chi connectivity index (χ2v) is 7.90. The molecule has 2 atom stereocenters. The van der Waals surface area contributed by atoms with E-state index >= 15 is 0 Å². The zero-order chi connectivity index (χ0) is 15.4. The van der Waals surface area contributed by atoms with Gasteiger partial charge in [-0.3, -0.25) is 9.59 Å². The molecule has 0 aliphatic heterocycles. The molecule has 0 rings (SSSR count). The van der Waals surface area contributed by atoms with E-state index in [1.54, 1.807) is 20.8 Å². The molecule has 0 saturated heterocycles. The van der Waals surface area contributed by atoms with Crippen molar-refractivity contribution in [2.24, 2.45) is 5.73 Å². The molecule has 6 heteroatoms. The van der Waals surface area contributed by atoms with Gasteiger partial charge in [0.1, 0.15) is 6.04 Å². The number of thioether (sulfide) groups is 1. The van der Waals surface area contributed by atoms with Gasteiger partial charge in [0.15, 0.2) is 0 Å². The molecule has 0 aromatic rings. The Kier molecular flexibility index (Phi) is 6.35. The lowest BCUT2D eigenvalue weighted by molar-refractivity contribution is -0.139. The number of amides is 1. The van der Waals surface area contributed by atoms with Crippen molar-refractivity contribution in [3.8, 4) is 0 Å². The summed E-state index contributed by atoms with van der Waals surface area (Å²) < 4.78 is -0.709. The fourth-order valence-corrected chi connectivity index (χ4v) is 2.73. The molecule has 0 spiro atoms. The van der Waals surface area contributed by atoms with Crippen LogP contribution in [0.4, 0.5) is 0 Å². The van der Waals surface area contributed by atoms with Gasteiger partial charge in [-0.15, -0.1) is 11.8 Å². The van der Waals surface area contributed by atoms with E-state index < -0.39 is 16.8 Å². The Labute approximate surface area is 119 Å². The number of hydrogen-bond acceptors (Lipinski definition) is 4. The number of carboxylic acids is 1. The van der Waals surface area contributed by atoms with Crippen molar-refractivity contribution in [1.29, 1.82) is 0 Å². The van der Waals surface area contributed by atoms with Crippen molar-refractivity contribution in [2.75, 3.05) is 0 Å². The van der Waals surface area contributed by atoms with E-state index in [-0.39, 0.29) is 16.7 Å². The molecular formula is C13H26N2O3S. The van der Waals surface area contributed by atoms with E-state index in [0.717, 1.165) is 6.42 Å². The summed E-state index contributed by atoms with van der Waals surface area (Å²) >= 11 is 1.28. The quantitative estimate of drug-likeness (QED) is 0.662. The van der Waals surface area contributed by atoms with Crippen LogP contribution >= 0.6 is 11.8 Å². The molecule has 19 heavy (non-hydrogen) atoms. The molecule has 0 saturated carbocycles. The topological polar surface area (TPSA) is 92.4 Å². The van der Waals surface area contributed by atoms with Gasteiger partial charge in [0.2, 0.25) is 5.91 Å². The predicted molar refractivity (Wildman–Crippen MR) is 79.3 cm³/mol. The number of rotatable bonds is 7. The monoisotopic (exact) mass is 290 g/mol. The van der Waals surface area contributed by atoms with Gasteiger partial charge in [-0.25, -0.2) is 0 Å². The lowest BCUT2D eigenvalue weighted by atomic mass is 10.0. The van der Waals surface area contributed by atoms with Crippen LogP contribution in [-0.4, -0.2) is 38.6 Å². The number of carbonyl (C=O) groups is 2. The Morgan fingerprint density at radius 1 is 1.32 bits per heavy atom. The fraction of sp³-hybridized carbons (Fsp3) is 0.846. The molecule has 0 aromatic heterocycles. The van der Waals surface area contributed by atoms with Crippen LogP contribution in [0.25, 0.3) is 0 Å². The molecule has 0 aliphatic rings. The normalized spacial score (nSPS) is 15.7. The van der Waals surface area contributed by atoms with E-state index in [2.05, 4.69) is 5.32 Å². The second kappa shape index (κ2) is 6.61. The number of aliphatic carboxylic acids is 1. The maximum Gasteiger partial charge on any atom is 0.321 e. The number of hydrogen-bond donors (Lipinski definition) is 3. The molecule has 1 amide bonds. The van der Waals surface area contributed by atoms with Crippen molar-refractivity contribution in [2.45, 2.75) is 69.5 Å². The first kappa shape index (κ1) is 18.2. The first-order valence-corrected chi connectivity index (χ1v) is 7.29. The van der Waals surface area contributed by atoms with Crippen molar-refractivity contribution >= 4 is 23.6 Å². The van der Waals surface area contributed by atoms with E-state index in [1.807, 2.05) is 20.8 Å². The molecule has 0 fully saturated rings. The maximum atomic E-state index is 12.1. The van der Waals surface area contributed by atoms with E-state index in [0.29, 0.717) is 0 Å². The highest BCUT2D eigenvalue weighted by atomic mass is 32.2. The lowest BCUT2D eigenvalue weighted by Crippen LogP contribution is -2.50. The van der Waals surface area contributed by atoms with Gasteiger partial charge in [-0.05, 0) is 41.0 Å². The fourth-order valence-electron chi connectivity index (χ4n) is 1.40. The summed E-state index contributed by atoms with van der Waals surface area (Å²) in [5.74, 6) is -1.15. The highest BCUT2D eigenvalue weighted by Crippen LogP contribution is 2.31. The lowest BCUT2D eigenvalue weighted by Gasteiger charge is -2.32. The molecule has 4 N–H and O–H groups in total. The molecule has 112 valence electrons. The molecule has 0 heterocycles. The van der Waals surface area contributed by atoms with Crippen molar-refractivity contribution in [3.05, 3.63) is 0 Å². The minimum Gasteiger partial charge on any atom is -0.480 e. The van der Waals surface area contributed by atoms with Crippen LogP contribution in [0.2, 0.25) is 0 Å². The zero-order valence-corrected chi connectivity index (χ0v) is 13.4. The molecule has 0 aromatic carbocycles. The molecule has 5 nitrogen and oxygen atoms in total. The first-order chi connectivity index (χ1) is 8.43. The van der Waals surface area contributed by atoms with E-state index in [9.17, 15) is 9.59 Å². The Morgan fingerprint density at radius 3 is 2.16 bits per heavy atom. The minimum absolute atomic E-state index is 0.0949. The highest BCUT2D eigenvalue weighted by Gasteiger charge is 2.36. The van der Waals surface area contributed by atoms with Crippen molar-refractivity contribution in [3.63, 3.8) is 0 Å². The summed E-state index contributed by atoms with van der Waals surface area (Å²) in [5, 5.41) is 11.5. The summed E-state index contributed by atoms with van der Waals surface area (Å²) in [4.78, 5) is 23.0. The van der Waals surface area contributed by atoms with E-state index in [4.69, 9.17) is 10.8 Å². The molecule has 0 aliphatic carbocycles. The third kappa shape index (κ3) is 5.82. The third-order valence-corrected chi connectivity index (χ3v) is 4.64. The van der Waals surface area contributed by atoms with Crippen LogP contribution < -0.4 is 11.1 Å². The Hall–Kier alpha value is -0.750. The van der Waals surface area contributed by atoms with Crippen LogP contribution in [0.5, 0.6) is 0 Å². The average Bonchev–Trinajstić information content (AvgIpc) is 2.26. The van der Waals surface area contributed by atoms with Gasteiger partial charge in [-0.1, -0.05) is 6.92 Å². The number of nitrogens with two attached hydrogens (primary N) is 1. The molecule has 0 radical (unpaired) electrons. The standard InChI is InChI=1S/C13H26N2O3S/c1-7-12(3,4)15-10(16)8(2)19-13(5,6)9(14)11(17)18/h8-9H,7,14H2,1-6H3,(H,15,16)(H,17,18)/t8?,9-/m0/s1. The van der Waals surface area contributed by atoms with Crippen LogP contribution in [0.1, 0.15) is 48.0 Å². The predicted octanol–water partition coefficient (Wildman–Crippen LogP) is 1.60. The number of carbonyl (C=O) groups excluding carboxylic acids is 1. The van der Waals surface area contributed by atoms with E-state index in [1.165, 1.54) is 11.8 Å². The molecular weight excluding hydrogens is 264 g/mol. The van der Waals surface area contributed by atoms with Crippen LogP contribution in [0, 0.1) is 0 Å². The smallest absolute Gasteiger partial charge is 0.321 e. The van der Waals surface area contributed by atoms with Crippen LogP contribution in [-0.2, 0) is 9.59 Å². The second-order valence-electron chi connectivity index (χ2n) is 5.91. The van der Waals surface area contributed by atoms with Crippen LogP contribution in [0.3, 0.4) is 0 Å². The average molecular weight is 290 g/mol. The van der Waals surface area contributed by atoms with Gasteiger partial charge in [0, 0.05) is 10.3 Å². The molecule has 0 bridgehead atoms. The zero-order valence-electron chi connectivity index (χ0n) is 12.6. The SMILES string of the molecule is CCC(C)(C)NC(=O)C(C)SC(C)(C)[C@@H](N)C(=O)O. The first-order valence-electron chi connectivity index (χ1n) is 6.41. The summed E-state index contributed by atoms with van der Waals surface area (Å²) in [5.41, 5.74) is 5.39. The van der Waals surface area contributed by atoms with Gasteiger partial charge in [0.05, 0.1) is 5.25 Å². The largest absolute Gasteiger partial charge is 0.480 e. The van der Waals surface area contributed by atoms with Crippen LogP contribution in [0.15, 0.2) is 0 Å². The minimum atomic E-state index is -1.06. The number of carboxylic acid groups (broad SMARTS) is 1. The van der Waals surface area contributed by atoms with Gasteiger partial charge in [-0.2, -0.15) is 0 Å². The highest BCUT2D eigenvalue weighted by molar-refractivity contribution is 8.02. The summed E-state index contributed by atoms with van der Waals surface area (Å²) in [7, 11) is 0. The summed E-state index contributed by atoms with van der Waals surface area (Å²) in [6.45, 7) is 11.2. The summed E-state index contributed by atoms with van der Waals surface area (Å²) in [6.07, 6.45) is 0.828. The Morgan fingerprint density at radius 2 is 1.79 bits per heavy atom. The Balaban J connectivity index is 4.65. The maximum absolute atomic E-state index is 12.1. The molecule has 1 unspecified atom stereocenters. The van der Waals surface area contributed by atoms with Crippen molar-refractivity contribution < 1.29 is 14.7 Å².